The quantitative estimate of drug-likeness (QED) is 0.629. The van der Waals surface area contributed by atoms with Crippen LogP contribution >= 0.6 is 0 Å². The lowest BCUT2D eigenvalue weighted by atomic mass is 10.1. The molecule has 0 aliphatic carbocycles. The van der Waals surface area contributed by atoms with Crippen molar-refractivity contribution < 1.29 is 13.2 Å². The zero-order valence-electron chi connectivity index (χ0n) is 17.6. The lowest BCUT2D eigenvalue weighted by Crippen LogP contribution is -2.26. The SMILES string of the molecule is Cc1ccc(C)c(S(=O)(=O)Nc2cccc(C(=O)N(C)Cc3ccc(C#N)cc3)c2)c1. The third-order valence-corrected chi connectivity index (χ3v) is 6.37. The van der Waals surface area contributed by atoms with Crippen molar-refractivity contribution in [1.82, 2.24) is 4.90 Å². The van der Waals surface area contributed by atoms with E-state index >= 15 is 0 Å². The normalized spacial score (nSPS) is 10.9. The summed E-state index contributed by atoms with van der Waals surface area (Å²) in [5.41, 5.74) is 3.63. The summed E-state index contributed by atoms with van der Waals surface area (Å²) in [4.78, 5) is 14.6. The van der Waals surface area contributed by atoms with Gasteiger partial charge in [-0.1, -0.05) is 30.3 Å². The Labute approximate surface area is 182 Å². The summed E-state index contributed by atoms with van der Waals surface area (Å²) >= 11 is 0. The molecule has 0 atom stereocenters. The monoisotopic (exact) mass is 433 g/mol. The summed E-state index contributed by atoms with van der Waals surface area (Å²) in [5.74, 6) is -0.239. The second-order valence-electron chi connectivity index (χ2n) is 7.43. The van der Waals surface area contributed by atoms with Crippen molar-refractivity contribution in [1.29, 1.82) is 5.26 Å². The zero-order chi connectivity index (χ0) is 22.6. The van der Waals surface area contributed by atoms with Gasteiger partial charge < -0.3 is 4.90 Å². The van der Waals surface area contributed by atoms with E-state index in [0.29, 0.717) is 28.9 Å². The van der Waals surface area contributed by atoms with Crippen LogP contribution < -0.4 is 4.72 Å². The average molecular weight is 434 g/mol. The third kappa shape index (κ3) is 5.30. The van der Waals surface area contributed by atoms with E-state index in [1.54, 1.807) is 73.5 Å². The molecule has 0 radical (unpaired) electrons. The molecule has 3 aromatic rings. The Morgan fingerprint density at radius 1 is 1.03 bits per heavy atom. The van der Waals surface area contributed by atoms with Gasteiger partial charge in [-0.25, -0.2) is 8.42 Å². The van der Waals surface area contributed by atoms with Gasteiger partial charge in [0.15, 0.2) is 0 Å². The van der Waals surface area contributed by atoms with Crippen molar-refractivity contribution in [2.24, 2.45) is 0 Å². The minimum absolute atomic E-state index is 0.210. The van der Waals surface area contributed by atoms with Gasteiger partial charge in [0.05, 0.1) is 16.5 Å². The first-order valence-corrected chi connectivity index (χ1v) is 11.1. The van der Waals surface area contributed by atoms with Crippen molar-refractivity contribution in [3.8, 4) is 6.07 Å². The smallest absolute Gasteiger partial charge is 0.262 e. The predicted octanol–water partition coefficient (Wildman–Crippen LogP) is 4.25. The first-order valence-electron chi connectivity index (χ1n) is 9.64. The van der Waals surface area contributed by atoms with Crippen molar-refractivity contribution in [2.45, 2.75) is 25.3 Å². The molecule has 0 aliphatic rings. The van der Waals surface area contributed by atoms with Crippen LogP contribution in [0.25, 0.3) is 0 Å². The highest BCUT2D eigenvalue weighted by atomic mass is 32.2. The average Bonchev–Trinajstić information content (AvgIpc) is 2.75. The number of carbonyl (C=O) groups excluding carboxylic acids is 1. The maximum Gasteiger partial charge on any atom is 0.262 e. The predicted molar refractivity (Wildman–Crippen MR) is 120 cm³/mol. The topological polar surface area (TPSA) is 90.3 Å². The van der Waals surface area contributed by atoms with Gasteiger partial charge in [-0.3, -0.25) is 9.52 Å². The number of anilines is 1. The molecule has 31 heavy (non-hydrogen) atoms. The van der Waals surface area contributed by atoms with Crippen molar-refractivity contribution in [2.75, 3.05) is 11.8 Å². The Bertz CT molecular complexity index is 1260. The van der Waals surface area contributed by atoms with Gasteiger partial charge >= 0.3 is 0 Å². The molecule has 0 unspecified atom stereocenters. The van der Waals surface area contributed by atoms with E-state index in [1.165, 1.54) is 6.07 Å². The lowest BCUT2D eigenvalue weighted by Gasteiger charge is -2.18. The Morgan fingerprint density at radius 3 is 2.42 bits per heavy atom. The van der Waals surface area contributed by atoms with Crippen molar-refractivity contribution >= 4 is 21.6 Å². The summed E-state index contributed by atoms with van der Waals surface area (Å²) in [7, 11) is -2.11. The molecule has 7 heteroatoms. The molecule has 0 fully saturated rings. The molecule has 0 heterocycles. The van der Waals surface area contributed by atoms with E-state index in [9.17, 15) is 13.2 Å². The van der Waals surface area contributed by atoms with E-state index in [-0.39, 0.29) is 10.8 Å². The van der Waals surface area contributed by atoms with Gasteiger partial charge in [-0.15, -0.1) is 0 Å². The second-order valence-corrected chi connectivity index (χ2v) is 9.08. The highest BCUT2D eigenvalue weighted by Crippen LogP contribution is 2.22. The van der Waals surface area contributed by atoms with E-state index in [0.717, 1.165) is 11.1 Å². The fraction of sp³-hybridized carbons (Fsp3) is 0.167. The van der Waals surface area contributed by atoms with Crippen molar-refractivity contribution in [3.05, 3.63) is 94.5 Å². The lowest BCUT2D eigenvalue weighted by molar-refractivity contribution is 0.0785. The molecular formula is C24H23N3O3S. The minimum Gasteiger partial charge on any atom is -0.337 e. The van der Waals surface area contributed by atoms with Crippen LogP contribution in [0.1, 0.15) is 32.6 Å². The van der Waals surface area contributed by atoms with E-state index in [1.807, 2.05) is 13.0 Å². The van der Waals surface area contributed by atoms with Crippen LogP contribution in [0.3, 0.4) is 0 Å². The molecule has 0 saturated heterocycles. The number of nitrogens with zero attached hydrogens (tertiary/aromatic N) is 2. The molecule has 0 aliphatic heterocycles. The molecule has 3 aromatic carbocycles. The molecule has 6 nitrogen and oxygen atoms in total. The number of rotatable bonds is 6. The summed E-state index contributed by atoms with van der Waals surface area (Å²) in [6.07, 6.45) is 0. The maximum absolute atomic E-state index is 12.9. The summed E-state index contributed by atoms with van der Waals surface area (Å²) in [6.45, 7) is 3.94. The number of aryl methyl sites for hydroxylation is 2. The van der Waals surface area contributed by atoms with Gasteiger partial charge in [0.25, 0.3) is 15.9 Å². The van der Waals surface area contributed by atoms with Crippen molar-refractivity contribution in [3.63, 3.8) is 0 Å². The molecule has 0 saturated carbocycles. The van der Waals surface area contributed by atoms with Gasteiger partial charge in [0.2, 0.25) is 0 Å². The molecule has 0 aromatic heterocycles. The number of amides is 1. The third-order valence-electron chi connectivity index (χ3n) is 4.84. The highest BCUT2D eigenvalue weighted by Gasteiger charge is 2.19. The van der Waals surface area contributed by atoms with Gasteiger partial charge in [0.1, 0.15) is 0 Å². The van der Waals surface area contributed by atoms with Gasteiger partial charge in [-0.2, -0.15) is 5.26 Å². The fourth-order valence-corrected chi connectivity index (χ4v) is 4.55. The molecule has 1 N–H and O–H groups in total. The van der Waals surface area contributed by atoms with Crippen LogP contribution in [-0.2, 0) is 16.6 Å². The fourth-order valence-electron chi connectivity index (χ4n) is 3.17. The number of nitriles is 1. The number of sulfonamides is 1. The Hall–Kier alpha value is -3.63. The highest BCUT2D eigenvalue weighted by molar-refractivity contribution is 7.92. The standard InChI is InChI=1S/C24H23N3O3S/c1-17-7-8-18(2)23(13-17)31(29,30)26-22-6-4-5-21(14-22)24(28)27(3)16-20-11-9-19(15-25)10-12-20/h4-14,26H,16H2,1-3H3. The Morgan fingerprint density at radius 2 is 1.74 bits per heavy atom. The Kier molecular flexibility index (Phi) is 6.42. The number of hydrogen-bond acceptors (Lipinski definition) is 4. The van der Waals surface area contributed by atoms with Crippen LogP contribution in [0.2, 0.25) is 0 Å². The van der Waals surface area contributed by atoms with Crippen LogP contribution in [0.15, 0.2) is 71.6 Å². The molecular weight excluding hydrogens is 410 g/mol. The largest absolute Gasteiger partial charge is 0.337 e. The van der Waals surface area contributed by atoms with Crippen LogP contribution in [0, 0.1) is 25.2 Å². The molecule has 0 bridgehead atoms. The zero-order valence-corrected chi connectivity index (χ0v) is 18.4. The number of nitrogens with one attached hydrogen (secondary N) is 1. The molecule has 158 valence electrons. The summed E-state index contributed by atoms with van der Waals surface area (Å²) in [5, 5.41) is 8.89. The van der Waals surface area contributed by atoms with Crippen LogP contribution in [0.4, 0.5) is 5.69 Å². The van der Waals surface area contributed by atoms with E-state index in [4.69, 9.17) is 5.26 Å². The number of benzene rings is 3. The molecule has 1 amide bonds. The van der Waals surface area contributed by atoms with Crippen LogP contribution in [-0.4, -0.2) is 26.3 Å². The first-order chi connectivity index (χ1) is 14.7. The summed E-state index contributed by atoms with van der Waals surface area (Å²) < 4.78 is 28.3. The van der Waals surface area contributed by atoms with Gasteiger partial charge in [-0.05, 0) is 66.9 Å². The Balaban J connectivity index is 1.78. The van der Waals surface area contributed by atoms with Gasteiger partial charge in [0, 0.05) is 24.8 Å². The second kappa shape index (κ2) is 9.02. The minimum atomic E-state index is -3.79. The molecule has 3 rings (SSSR count). The summed E-state index contributed by atoms with van der Waals surface area (Å²) in [6, 6.07) is 20.8. The molecule has 0 spiro atoms. The van der Waals surface area contributed by atoms with E-state index < -0.39 is 10.0 Å². The number of carbonyl (C=O) groups is 1. The maximum atomic E-state index is 12.9. The number of hydrogen-bond donors (Lipinski definition) is 1. The van der Waals surface area contributed by atoms with E-state index in [2.05, 4.69) is 10.8 Å². The van der Waals surface area contributed by atoms with Crippen LogP contribution in [0.5, 0.6) is 0 Å². The first kappa shape index (κ1) is 22.1.